The van der Waals surface area contributed by atoms with Crippen molar-refractivity contribution in [2.24, 2.45) is 11.8 Å². The molecular formula is C29H45N7O6. The number of pyridine rings is 1. The number of carbonyl (C=O) groups is 5. The number of hydrogen-bond acceptors (Lipinski definition) is 8. The number of anilines is 1. The van der Waals surface area contributed by atoms with Gasteiger partial charge in [0.2, 0.25) is 23.5 Å². The van der Waals surface area contributed by atoms with Crippen LogP contribution >= 0.6 is 0 Å². The van der Waals surface area contributed by atoms with Crippen molar-refractivity contribution in [1.82, 2.24) is 30.7 Å². The fraction of sp³-hybridized carbons (Fsp3) is 0.655. The van der Waals surface area contributed by atoms with Crippen LogP contribution in [0.1, 0.15) is 58.8 Å². The number of fused-ring (bicyclic) bond motifs is 2. The van der Waals surface area contributed by atoms with Crippen LogP contribution in [0.5, 0.6) is 0 Å². The Balaban J connectivity index is 1.65. The van der Waals surface area contributed by atoms with Crippen LogP contribution in [-0.4, -0.2) is 84.3 Å². The van der Waals surface area contributed by atoms with Gasteiger partial charge in [0, 0.05) is 32.8 Å². The normalized spacial score (nSPS) is 22.0. The molecule has 1 aromatic rings. The molecule has 13 heteroatoms. The Morgan fingerprint density at radius 1 is 1.14 bits per heavy atom. The third-order valence-electron chi connectivity index (χ3n) is 7.87. The van der Waals surface area contributed by atoms with Crippen molar-refractivity contribution in [2.75, 3.05) is 38.5 Å². The first-order chi connectivity index (χ1) is 20.1. The number of nitrogens with zero attached hydrogens (tertiary/aromatic N) is 2. The number of carbonyl (C=O) groups excluding carboxylic acids is 5. The maximum Gasteiger partial charge on any atom is 0.287 e. The van der Waals surface area contributed by atoms with Crippen molar-refractivity contribution in [3.05, 3.63) is 28.7 Å². The Bertz CT molecular complexity index is 1180. The summed E-state index contributed by atoms with van der Waals surface area (Å²) in [6.07, 6.45) is 6.21. The average molecular weight is 588 g/mol. The molecule has 5 atom stereocenters. The number of amides is 4. The molecule has 3 rings (SSSR count). The second-order valence-electron chi connectivity index (χ2n) is 11.3. The number of hydrogen-bond donors (Lipinski definition) is 5. The van der Waals surface area contributed by atoms with Gasteiger partial charge in [0.05, 0.1) is 12.7 Å². The summed E-state index contributed by atoms with van der Waals surface area (Å²) in [6, 6.07) is 1.78. The highest BCUT2D eigenvalue weighted by Gasteiger charge is 2.36. The SMILES string of the molecule is CCCCNCC(=O)N[C@@H](CCC(=O)C(=O)NC)C(=O)Nc1cccn(CC(=O)NC2C(C)CC3CCCN2C3)c1=O. The maximum atomic E-state index is 13.2. The molecule has 13 nitrogen and oxygen atoms in total. The van der Waals surface area contributed by atoms with Crippen molar-refractivity contribution >= 4 is 35.1 Å². The molecule has 1 aromatic heterocycles. The van der Waals surface area contributed by atoms with Crippen molar-refractivity contribution in [1.29, 1.82) is 0 Å². The molecule has 2 fully saturated rings. The van der Waals surface area contributed by atoms with Gasteiger partial charge in [0.15, 0.2) is 0 Å². The van der Waals surface area contributed by atoms with E-state index in [4.69, 9.17) is 0 Å². The highest BCUT2D eigenvalue weighted by atomic mass is 16.2. The fourth-order valence-corrected chi connectivity index (χ4v) is 5.68. The lowest BCUT2D eigenvalue weighted by molar-refractivity contribution is -0.137. The van der Waals surface area contributed by atoms with E-state index in [-0.39, 0.29) is 43.7 Å². The molecule has 2 bridgehead atoms. The summed E-state index contributed by atoms with van der Waals surface area (Å²) >= 11 is 0. The first kappa shape index (κ1) is 32.9. The zero-order chi connectivity index (χ0) is 30.6. The van der Waals surface area contributed by atoms with E-state index >= 15 is 0 Å². The predicted molar refractivity (Wildman–Crippen MR) is 157 cm³/mol. The van der Waals surface area contributed by atoms with E-state index < -0.39 is 35.1 Å². The largest absolute Gasteiger partial charge is 0.353 e. The molecule has 0 aliphatic carbocycles. The van der Waals surface area contributed by atoms with Crippen LogP contribution in [0.4, 0.5) is 5.69 Å². The number of likely N-dealkylation sites (N-methyl/N-ethyl adjacent to an activating group) is 1. The molecule has 42 heavy (non-hydrogen) atoms. The zero-order valence-corrected chi connectivity index (χ0v) is 24.9. The molecule has 3 heterocycles. The number of piperidine rings is 2. The summed E-state index contributed by atoms with van der Waals surface area (Å²) in [6.45, 7) is 6.45. The van der Waals surface area contributed by atoms with Gasteiger partial charge in [-0.3, -0.25) is 33.7 Å². The average Bonchev–Trinajstić information content (AvgIpc) is 2.97. The first-order valence-electron chi connectivity index (χ1n) is 14.9. The van der Waals surface area contributed by atoms with Crippen LogP contribution in [-0.2, 0) is 30.5 Å². The van der Waals surface area contributed by atoms with Gasteiger partial charge in [0.1, 0.15) is 18.3 Å². The molecule has 232 valence electrons. The number of Topliss-reactive ketones (excluding diaryl/α,β-unsaturated/α-hetero) is 1. The third kappa shape index (κ3) is 9.48. The molecule has 5 N–H and O–H groups in total. The standard InChI is InChI=1S/C29H45N7O6/c1-4-5-12-31-16-24(38)32-21(10-11-23(37)28(41)30-3)27(40)33-22-9-7-14-36(29(22)42)18-25(39)34-26-19(2)15-20-8-6-13-35(26)17-20/h7,9,14,19-21,26,31H,4-6,8,10-13,15-18H2,1-3H3,(H,30,41)(H,32,38)(H,33,40)(H,34,39)/t19?,20?,21-,26?/m0/s1. The van der Waals surface area contributed by atoms with Gasteiger partial charge in [-0.15, -0.1) is 0 Å². The summed E-state index contributed by atoms with van der Waals surface area (Å²) in [5, 5.41) is 13.4. The van der Waals surface area contributed by atoms with Gasteiger partial charge in [-0.05, 0) is 62.6 Å². The quantitative estimate of drug-likeness (QED) is 0.140. The molecule has 2 aliphatic rings. The van der Waals surface area contributed by atoms with Crippen LogP contribution in [0, 0.1) is 11.8 Å². The van der Waals surface area contributed by atoms with Gasteiger partial charge < -0.3 is 31.2 Å². The summed E-state index contributed by atoms with van der Waals surface area (Å²) in [5.74, 6) is -2.03. The molecule has 0 aromatic carbocycles. The van der Waals surface area contributed by atoms with Gasteiger partial charge in [-0.2, -0.15) is 0 Å². The minimum atomic E-state index is -1.17. The van der Waals surface area contributed by atoms with E-state index in [9.17, 15) is 28.8 Å². The van der Waals surface area contributed by atoms with E-state index in [1.165, 1.54) is 30.3 Å². The number of rotatable bonds is 15. The lowest BCUT2D eigenvalue weighted by Gasteiger charge is -2.47. The van der Waals surface area contributed by atoms with E-state index in [0.29, 0.717) is 18.4 Å². The highest BCUT2D eigenvalue weighted by Crippen LogP contribution is 2.32. The Morgan fingerprint density at radius 3 is 2.67 bits per heavy atom. The van der Waals surface area contributed by atoms with Gasteiger partial charge in [-0.1, -0.05) is 20.3 Å². The Hall–Kier alpha value is -3.58. The minimum absolute atomic E-state index is 0.0296. The molecule has 4 amide bonds. The summed E-state index contributed by atoms with van der Waals surface area (Å²) in [4.78, 5) is 77.8. The van der Waals surface area contributed by atoms with Crippen molar-refractivity contribution in [3.8, 4) is 0 Å². The van der Waals surface area contributed by atoms with Gasteiger partial charge in [-0.25, -0.2) is 0 Å². The Morgan fingerprint density at radius 2 is 1.93 bits per heavy atom. The Kier molecular flexibility index (Phi) is 12.7. The molecular weight excluding hydrogens is 542 g/mol. The van der Waals surface area contributed by atoms with Gasteiger partial charge in [0.25, 0.3) is 11.5 Å². The van der Waals surface area contributed by atoms with Crippen LogP contribution in [0.2, 0.25) is 0 Å². The molecule has 2 aliphatic heterocycles. The molecule has 0 saturated carbocycles. The highest BCUT2D eigenvalue weighted by molar-refractivity contribution is 6.36. The summed E-state index contributed by atoms with van der Waals surface area (Å²) in [7, 11) is 1.33. The van der Waals surface area contributed by atoms with Crippen LogP contribution in [0.15, 0.2) is 23.1 Å². The number of nitrogens with one attached hydrogen (secondary N) is 5. The smallest absolute Gasteiger partial charge is 0.287 e. The molecule has 4 unspecified atom stereocenters. The lowest BCUT2D eigenvalue weighted by Crippen LogP contribution is -2.59. The number of ketones is 1. The molecule has 0 radical (unpaired) electrons. The molecule has 2 saturated heterocycles. The van der Waals surface area contributed by atoms with Crippen LogP contribution in [0.3, 0.4) is 0 Å². The third-order valence-corrected chi connectivity index (χ3v) is 7.87. The monoisotopic (exact) mass is 587 g/mol. The Labute approximate surface area is 246 Å². The van der Waals surface area contributed by atoms with Crippen molar-refractivity contribution in [3.63, 3.8) is 0 Å². The predicted octanol–water partition coefficient (Wildman–Crippen LogP) is -0.0493. The second-order valence-corrected chi connectivity index (χ2v) is 11.3. The van der Waals surface area contributed by atoms with Crippen LogP contribution < -0.4 is 32.1 Å². The van der Waals surface area contributed by atoms with E-state index in [0.717, 1.165) is 38.8 Å². The van der Waals surface area contributed by atoms with E-state index in [1.54, 1.807) is 6.07 Å². The number of aromatic nitrogens is 1. The maximum absolute atomic E-state index is 13.2. The number of unbranched alkanes of at least 4 members (excludes halogenated alkanes) is 1. The minimum Gasteiger partial charge on any atom is -0.353 e. The first-order valence-corrected chi connectivity index (χ1v) is 14.9. The van der Waals surface area contributed by atoms with Crippen LogP contribution in [0.25, 0.3) is 0 Å². The molecule has 0 spiro atoms. The van der Waals surface area contributed by atoms with Gasteiger partial charge >= 0.3 is 0 Å². The fourth-order valence-electron chi connectivity index (χ4n) is 5.68. The van der Waals surface area contributed by atoms with E-state index in [2.05, 4.69) is 38.4 Å². The second kappa shape index (κ2) is 16.2. The lowest BCUT2D eigenvalue weighted by atomic mass is 9.82. The summed E-state index contributed by atoms with van der Waals surface area (Å²) < 4.78 is 1.22. The topological polar surface area (TPSA) is 171 Å². The zero-order valence-electron chi connectivity index (χ0n) is 24.9. The summed E-state index contributed by atoms with van der Waals surface area (Å²) in [5.41, 5.74) is -0.651. The van der Waals surface area contributed by atoms with Crippen molar-refractivity contribution < 1.29 is 24.0 Å². The van der Waals surface area contributed by atoms with Crippen molar-refractivity contribution in [2.45, 2.75) is 77.5 Å². The van der Waals surface area contributed by atoms with E-state index in [1.807, 2.05) is 6.92 Å².